The minimum atomic E-state index is -0.679. The van der Waals surface area contributed by atoms with Gasteiger partial charge in [-0.1, -0.05) is 0 Å². The summed E-state index contributed by atoms with van der Waals surface area (Å²) >= 11 is 0. The summed E-state index contributed by atoms with van der Waals surface area (Å²) in [5, 5.41) is 5.72. The molecule has 1 saturated carbocycles. The molecule has 0 unspecified atom stereocenters. The van der Waals surface area contributed by atoms with Gasteiger partial charge in [-0.3, -0.25) is 9.78 Å². The number of aromatic nitrogens is 2. The number of hydrogen-bond donors (Lipinski definition) is 2. The number of rotatable bonds is 4. The summed E-state index contributed by atoms with van der Waals surface area (Å²) in [6, 6.07) is -0.0629. The van der Waals surface area contributed by atoms with Crippen molar-refractivity contribution in [3.63, 3.8) is 0 Å². The Hall–Kier alpha value is -2.20. The molecular formula is C20H31BN4O5. The number of carbonyl (C=O) groups excluding carboxylic acids is 2. The molecule has 9 nitrogen and oxygen atoms in total. The van der Waals surface area contributed by atoms with Crippen molar-refractivity contribution in [3.05, 3.63) is 18.1 Å². The summed E-state index contributed by atoms with van der Waals surface area (Å²) in [6.45, 7) is 13.3. The molecule has 10 heteroatoms. The summed E-state index contributed by atoms with van der Waals surface area (Å²) in [5.74, 6) is -0.318. The highest BCUT2D eigenvalue weighted by Gasteiger charge is 2.52. The second-order valence-electron chi connectivity index (χ2n) is 9.90. The van der Waals surface area contributed by atoms with E-state index in [9.17, 15) is 9.59 Å². The van der Waals surface area contributed by atoms with Crippen molar-refractivity contribution in [2.75, 3.05) is 0 Å². The van der Waals surface area contributed by atoms with Crippen LogP contribution in [-0.4, -0.2) is 58.0 Å². The SMILES string of the molecule is CC(C)(C)OC(=O)N[C@H]1C[C@H](NC(=O)c2cncc(B3OC(C)(C)C(C)(C)O3)n2)C1. The molecule has 2 N–H and O–H groups in total. The summed E-state index contributed by atoms with van der Waals surface area (Å²) in [5.41, 5.74) is -0.882. The van der Waals surface area contributed by atoms with Crippen molar-refractivity contribution in [2.24, 2.45) is 0 Å². The Kier molecular flexibility index (Phi) is 5.86. The van der Waals surface area contributed by atoms with Gasteiger partial charge in [-0.05, 0) is 61.3 Å². The average Bonchev–Trinajstić information content (AvgIpc) is 2.79. The quantitative estimate of drug-likeness (QED) is 0.714. The van der Waals surface area contributed by atoms with Crippen LogP contribution in [0.1, 0.15) is 71.8 Å². The zero-order valence-corrected chi connectivity index (χ0v) is 18.7. The minimum Gasteiger partial charge on any atom is -0.444 e. The van der Waals surface area contributed by atoms with Crippen LogP contribution in [0.25, 0.3) is 0 Å². The number of hydrogen-bond acceptors (Lipinski definition) is 7. The first-order valence-electron chi connectivity index (χ1n) is 10.2. The van der Waals surface area contributed by atoms with Crippen molar-refractivity contribution in [2.45, 2.75) is 90.2 Å². The van der Waals surface area contributed by atoms with E-state index in [4.69, 9.17) is 14.0 Å². The van der Waals surface area contributed by atoms with Crippen molar-refractivity contribution in [1.29, 1.82) is 0 Å². The fraction of sp³-hybridized carbons (Fsp3) is 0.700. The highest BCUT2D eigenvalue weighted by molar-refractivity contribution is 6.61. The molecule has 164 valence electrons. The van der Waals surface area contributed by atoms with Gasteiger partial charge >= 0.3 is 13.2 Å². The Morgan fingerprint density at radius 1 is 1.07 bits per heavy atom. The molecule has 2 fully saturated rings. The Labute approximate surface area is 177 Å². The molecular weight excluding hydrogens is 387 g/mol. The van der Waals surface area contributed by atoms with Crippen molar-refractivity contribution < 1.29 is 23.6 Å². The standard InChI is InChI=1S/C20H31BN4O5/c1-18(2,3)28-17(27)24-13-8-12(9-13)23-16(26)14-10-22-11-15(25-14)21-29-19(4,5)20(6,7)30-21/h10-13H,8-9H2,1-7H3,(H,23,26)(H,24,27)/t12-,13-. The number of amides is 2. The highest BCUT2D eigenvalue weighted by Crippen LogP contribution is 2.36. The number of ether oxygens (including phenoxy) is 1. The van der Waals surface area contributed by atoms with Crippen LogP contribution < -0.4 is 16.2 Å². The molecule has 1 aromatic heterocycles. The van der Waals surface area contributed by atoms with Gasteiger partial charge in [-0.15, -0.1) is 0 Å². The van der Waals surface area contributed by atoms with Crippen molar-refractivity contribution in [1.82, 2.24) is 20.6 Å². The third-order valence-corrected chi connectivity index (χ3v) is 5.57. The molecule has 1 aromatic rings. The molecule has 0 spiro atoms. The summed E-state index contributed by atoms with van der Waals surface area (Å²) in [4.78, 5) is 32.9. The van der Waals surface area contributed by atoms with Crippen molar-refractivity contribution in [3.8, 4) is 0 Å². The molecule has 3 rings (SSSR count). The normalized spacial score (nSPS) is 24.7. The van der Waals surface area contributed by atoms with Gasteiger partial charge in [0.1, 0.15) is 11.3 Å². The van der Waals surface area contributed by atoms with E-state index in [2.05, 4.69) is 20.6 Å². The lowest BCUT2D eigenvalue weighted by molar-refractivity contribution is 0.00578. The first-order chi connectivity index (χ1) is 13.8. The molecule has 2 amide bonds. The maximum atomic E-state index is 12.6. The Balaban J connectivity index is 1.52. The molecule has 2 heterocycles. The lowest BCUT2D eigenvalue weighted by Crippen LogP contribution is -2.54. The molecule has 30 heavy (non-hydrogen) atoms. The van der Waals surface area contributed by atoms with Crippen LogP contribution in [0.15, 0.2) is 12.4 Å². The first kappa shape index (κ1) is 22.5. The fourth-order valence-electron chi connectivity index (χ4n) is 3.15. The van der Waals surface area contributed by atoms with Gasteiger partial charge in [0.15, 0.2) is 0 Å². The monoisotopic (exact) mass is 418 g/mol. The number of carbonyl (C=O) groups is 2. The fourth-order valence-corrected chi connectivity index (χ4v) is 3.15. The van der Waals surface area contributed by atoms with E-state index in [0.717, 1.165) is 0 Å². The molecule has 0 bridgehead atoms. The molecule has 1 aliphatic carbocycles. The third kappa shape index (κ3) is 5.10. The third-order valence-electron chi connectivity index (χ3n) is 5.57. The van der Waals surface area contributed by atoms with Crippen LogP contribution in [0.5, 0.6) is 0 Å². The lowest BCUT2D eigenvalue weighted by Gasteiger charge is -2.36. The van der Waals surface area contributed by atoms with Crippen LogP contribution >= 0.6 is 0 Å². The second-order valence-corrected chi connectivity index (χ2v) is 9.90. The van der Waals surface area contributed by atoms with Gasteiger partial charge in [-0.25, -0.2) is 9.78 Å². The Morgan fingerprint density at radius 2 is 1.63 bits per heavy atom. The maximum absolute atomic E-state index is 12.6. The van der Waals surface area contributed by atoms with E-state index in [-0.39, 0.29) is 23.7 Å². The van der Waals surface area contributed by atoms with Gasteiger partial charge in [0.25, 0.3) is 5.91 Å². The van der Waals surface area contributed by atoms with Crippen LogP contribution in [0.4, 0.5) is 4.79 Å². The van der Waals surface area contributed by atoms with Gasteiger partial charge in [-0.2, -0.15) is 0 Å². The number of nitrogens with zero attached hydrogens (tertiary/aromatic N) is 2. The highest BCUT2D eigenvalue weighted by atomic mass is 16.7. The molecule has 0 aromatic carbocycles. The average molecular weight is 418 g/mol. The van der Waals surface area contributed by atoms with Crippen LogP contribution in [-0.2, 0) is 14.0 Å². The van der Waals surface area contributed by atoms with E-state index in [1.54, 1.807) is 6.20 Å². The number of alkyl carbamates (subject to hydrolysis) is 1. The predicted molar refractivity (Wildman–Crippen MR) is 111 cm³/mol. The van der Waals surface area contributed by atoms with Crippen LogP contribution in [0.3, 0.4) is 0 Å². The smallest absolute Gasteiger partial charge is 0.444 e. The molecule has 0 radical (unpaired) electrons. The van der Waals surface area contributed by atoms with Crippen LogP contribution in [0, 0.1) is 0 Å². The summed E-state index contributed by atoms with van der Waals surface area (Å²) < 4.78 is 17.2. The topological polar surface area (TPSA) is 112 Å². The first-order valence-corrected chi connectivity index (χ1v) is 10.2. The molecule has 1 aliphatic heterocycles. The lowest BCUT2D eigenvalue weighted by atomic mass is 9.85. The molecule has 2 aliphatic rings. The van der Waals surface area contributed by atoms with E-state index < -0.39 is 30.0 Å². The maximum Gasteiger partial charge on any atom is 0.516 e. The van der Waals surface area contributed by atoms with Crippen LogP contribution in [0.2, 0.25) is 0 Å². The second kappa shape index (κ2) is 7.81. The molecule has 0 atom stereocenters. The minimum absolute atomic E-state index is 0.0210. The predicted octanol–water partition coefficient (Wildman–Crippen LogP) is 1.56. The Morgan fingerprint density at radius 3 is 2.20 bits per heavy atom. The molecule has 1 saturated heterocycles. The van der Waals surface area contributed by atoms with Gasteiger partial charge in [0.2, 0.25) is 0 Å². The van der Waals surface area contributed by atoms with E-state index >= 15 is 0 Å². The van der Waals surface area contributed by atoms with Gasteiger partial charge in [0.05, 0.1) is 23.0 Å². The van der Waals surface area contributed by atoms with Crippen molar-refractivity contribution >= 4 is 24.7 Å². The zero-order valence-electron chi connectivity index (χ0n) is 18.7. The number of nitrogens with one attached hydrogen (secondary N) is 2. The van der Waals surface area contributed by atoms with Gasteiger partial charge < -0.3 is 24.7 Å². The van der Waals surface area contributed by atoms with E-state index in [0.29, 0.717) is 18.4 Å². The summed E-state index contributed by atoms with van der Waals surface area (Å²) in [7, 11) is -0.679. The van der Waals surface area contributed by atoms with Gasteiger partial charge in [0, 0.05) is 18.3 Å². The largest absolute Gasteiger partial charge is 0.516 e. The summed E-state index contributed by atoms with van der Waals surface area (Å²) in [6.07, 6.45) is 3.78. The van der Waals surface area contributed by atoms with E-state index in [1.807, 2.05) is 48.5 Å². The van der Waals surface area contributed by atoms with E-state index in [1.165, 1.54) is 6.20 Å². The zero-order chi connectivity index (χ0) is 22.3. The Bertz CT molecular complexity index is 802.